The average molecular weight is 621 g/mol. The van der Waals surface area contributed by atoms with Gasteiger partial charge in [0.15, 0.2) is 0 Å². The summed E-state index contributed by atoms with van der Waals surface area (Å²) in [7, 11) is 1.76. The summed E-state index contributed by atoms with van der Waals surface area (Å²) < 4.78 is 68.8. The predicted molar refractivity (Wildman–Crippen MR) is 134 cm³/mol. The van der Waals surface area contributed by atoms with Crippen LogP contribution in [-0.4, -0.2) is 120 Å². The summed E-state index contributed by atoms with van der Waals surface area (Å²) in [6.07, 6.45) is -5.02. The zero-order valence-corrected chi connectivity index (χ0v) is 23.4. The number of thiazole rings is 1. The molecule has 10 nitrogen and oxygen atoms in total. The number of ether oxygens (including phenoxy) is 1. The lowest BCUT2D eigenvalue weighted by Crippen LogP contribution is -2.52. The maximum atomic E-state index is 13.4. The van der Waals surface area contributed by atoms with Crippen LogP contribution in [0.4, 0.5) is 26.3 Å². The Kier molecular flexibility index (Phi) is 11.9. The van der Waals surface area contributed by atoms with E-state index in [-0.39, 0.29) is 10.8 Å². The van der Waals surface area contributed by atoms with E-state index in [0.29, 0.717) is 5.91 Å². The zero-order chi connectivity index (χ0) is 31.1. The first kappa shape index (κ1) is 34.7. The molecular formula is C24H34F6N4O6S. The summed E-state index contributed by atoms with van der Waals surface area (Å²) in [5.74, 6) is -5.10. The van der Waals surface area contributed by atoms with Gasteiger partial charge >= 0.3 is 24.3 Å². The third kappa shape index (κ3) is 8.75. The van der Waals surface area contributed by atoms with E-state index in [4.69, 9.17) is 24.5 Å². The number of fused-ring (bicyclic) bond motifs is 1. The highest BCUT2D eigenvalue weighted by molar-refractivity contribution is 7.09. The fraction of sp³-hybridized carbons (Fsp3) is 0.750. The van der Waals surface area contributed by atoms with Gasteiger partial charge < -0.3 is 19.8 Å². The minimum Gasteiger partial charge on any atom is -0.475 e. The SMILES string of the molecule is CCN1CCC2(CN(CCOC)CC23CCN(Cc2nccs2)CC3)C1=O.O=C(O)C(F)(F)F.O=C(O)C(F)(F)F. The average Bonchev–Trinajstić information content (AvgIpc) is 3.59. The van der Waals surface area contributed by atoms with Crippen molar-refractivity contribution in [2.24, 2.45) is 10.8 Å². The van der Waals surface area contributed by atoms with E-state index in [0.717, 1.165) is 78.2 Å². The molecule has 41 heavy (non-hydrogen) atoms. The van der Waals surface area contributed by atoms with Gasteiger partial charge in [-0.25, -0.2) is 14.6 Å². The Bertz CT molecular complexity index is 993. The van der Waals surface area contributed by atoms with Crippen molar-refractivity contribution in [3.63, 3.8) is 0 Å². The van der Waals surface area contributed by atoms with Crippen LogP contribution >= 0.6 is 11.3 Å². The molecule has 0 radical (unpaired) electrons. The number of likely N-dealkylation sites (tertiary alicyclic amines) is 3. The smallest absolute Gasteiger partial charge is 0.475 e. The second-order valence-electron chi connectivity index (χ2n) is 10.0. The Morgan fingerprint density at radius 1 is 1.00 bits per heavy atom. The normalized spacial score (nSPS) is 22.8. The lowest BCUT2D eigenvalue weighted by molar-refractivity contribution is -0.193. The largest absolute Gasteiger partial charge is 0.490 e. The number of amides is 1. The Hall–Kier alpha value is -2.50. The van der Waals surface area contributed by atoms with Crippen molar-refractivity contribution < 1.29 is 55.7 Å². The number of alkyl halides is 6. The summed E-state index contributed by atoms with van der Waals surface area (Å²) in [6, 6.07) is 0. The molecule has 4 heterocycles. The molecule has 1 aromatic heterocycles. The Balaban J connectivity index is 0.000000349. The molecule has 3 saturated heterocycles. The number of aliphatic carboxylic acids is 2. The molecular weight excluding hydrogens is 586 g/mol. The van der Waals surface area contributed by atoms with E-state index in [1.54, 1.807) is 18.4 Å². The number of hydrogen-bond donors (Lipinski definition) is 2. The second-order valence-corrected chi connectivity index (χ2v) is 11.0. The van der Waals surface area contributed by atoms with Gasteiger partial charge in [0.1, 0.15) is 5.01 Å². The second kappa shape index (κ2) is 14.1. The van der Waals surface area contributed by atoms with Gasteiger partial charge in [-0.2, -0.15) is 26.3 Å². The van der Waals surface area contributed by atoms with Gasteiger partial charge in [0.2, 0.25) is 5.91 Å². The minimum absolute atomic E-state index is 0.126. The van der Waals surface area contributed by atoms with Crippen molar-refractivity contribution >= 4 is 29.2 Å². The van der Waals surface area contributed by atoms with Crippen LogP contribution in [0, 0.1) is 10.8 Å². The van der Waals surface area contributed by atoms with E-state index in [1.165, 1.54) is 5.01 Å². The highest BCUT2D eigenvalue weighted by Gasteiger charge is 2.64. The molecule has 1 aromatic rings. The third-order valence-electron chi connectivity index (χ3n) is 7.67. The molecule has 0 aliphatic carbocycles. The lowest BCUT2D eigenvalue weighted by Gasteiger charge is -2.47. The number of methoxy groups -OCH3 is 1. The number of rotatable bonds is 6. The summed E-state index contributed by atoms with van der Waals surface area (Å²) in [5, 5.41) is 17.5. The molecule has 3 aliphatic rings. The van der Waals surface area contributed by atoms with Gasteiger partial charge in [-0.1, -0.05) is 0 Å². The molecule has 17 heteroatoms. The number of carboxylic acids is 2. The molecule has 3 fully saturated rings. The Labute approximate surface area is 236 Å². The topological polar surface area (TPSA) is 124 Å². The molecule has 0 aromatic carbocycles. The maximum absolute atomic E-state index is 13.4. The van der Waals surface area contributed by atoms with Crippen LogP contribution in [-0.2, 0) is 25.7 Å². The third-order valence-corrected chi connectivity index (χ3v) is 8.44. The quantitative estimate of drug-likeness (QED) is 0.462. The van der Waals surface area contributed by atoms with E-state index >= 15 is 0 Å². The standard InChI is InChI=1S/C20H32N4O2S.2C2HF3O2/c1-3-24-10-6-20(18(24)25)16-23(11-12-26-2)15-19(20)4-8-22(9-5-19)14-17-21-7-13-27-17;2*3-2(4,5)1(6)7/h7,13H,3-6,8-12,14-16H2,1-2H3;2*(H,6,7). The first-order valence-corrected chi connectivity index (χ1v) is 13.6. The monoisotopic (exact) mass is 620 g/mol. The first-order valence-electron chi connectivity index (χ1n) is 12.7. The predicted octanol–water partition coefficient (Wildman–Crippen LogP) is 3.19. The van der Waals surface area contributed by atoms with Crippen molar-refractivity contribution in [3.8, 4) is 0 Å². The van der Waals surface area contributed by atoms with Gasteiger partial charge in [0.05, 0.1) is 18.6 Å². The number of piperidine rings is 1. The summed E-state index contributed by atoms with van der Waals surface area (Å²) >= 11 is 1.74. The molecule has 2 spiro atoms. The number of carbonyl (C=O) groups excluding carboxylic acids is 1. The van der Waals surface area contributed by atoms with E-state index in [2.05, 4.69) is 32.0 Å². The molecule has 3 aliphatic heterocycles. The number of halogens is 6. The van der Waals surface area contributed by atoms with Crippen LogP contribution in [0.1, 0.15) is 31.2 Å². The zero-order valence-electron chi connectivity index (χ0n) is 22.6. The molecule has 1 unspecified atom stereocenters. The highest BCUT2D eigenvalue weighted by Crippen LogP contribution is 2.57. The molecule has 1 atom stereocenters. The molecule has 4 rings (SSSR count). The van der Waals surface area contributed by atoms with Gasteiger partial charge in [0, 0.05) is 56.8 Å². The minimum atomic E-state index is -5.08. The van der Waals surface area contributed by atoms with Gasteiger partial charge in [-0.15, -0.1) is 11.3 Å². The molecule has 0 bridgehead atoms. The van der Waals surface area contributed by atoms with E-state index in [9.17, 15) is 31.1 Å². The van der Waals surface area contributed by atoms with Gasteiger partial charge in [0.25, 0.3) is 0 Å². The Morgan fingerprint density at radius 2 is 1.56 bits per heavy atom. The van der Waals surface area contributed by atoms with Crippen LogP contribution in [0.3, 0.4) is 0 Å². The Morgan fingerprint density at radius 3 is 1.98 bits per heavy atom. The number of hydrogen-bond acceptors (Lipinski definition) is 8. The summed E-state index contributed by atoms with van der Waals surface area (Å²) in [5.41, 5.74) is -0.0504. The fourth-order valence-electron chi connectivity index (χ4n) is 5.64. The molecule has 1 amide bonds. The van der Waals surface area contributed by atoms with Crippen LogP contribution in [0.25, 0.3) is 0 Å². The molecule has 234 valence electrons. The van der Waals surface area contributed by atoms with Crippen LogP contribution in [0.2, 0.25) is 0 Å². The number of aromatic nitrogens is 1. The summed E-state index contributed by atoms with van der Waals surface area (Å²) in [6.45, 7) is 10.6. The van der Waals surface area contributed by atoms with Crippen molar-refractivity contribution in [2.45, 2.75) is 45.1 Å². The van der Waals surface area contributed by atoms with Crippen LogP contribution < -0.4 is 0 Å². The number of nitrogens with zero attached hydrogens (tertiary/aromatic N) is 4. The lowest BCUT2D eigenvalue weighted by atomic mass is 9.60. The first-order chi connectivity index (χ1) is 19.0. The van der Waals surface area contributed by atoms with Crippen LogP contribution in [0.5, 0.6) is 0 Å². The van der Waals surface area contributed by atoms with Crippen LogP contribution in [0.15, 0.2) is 11.6 Å². The van der Waals surface area contributed by atoms with Crippen molar-refractivity contribution in [2.75, 3.05) is 59.5 Å². The van der Waals surface area contributed by atoms with Crippen molar-refractivity contribution in [1.82, 2.24) is 19.7 Å². The van der Waals surface area contributed by atoms with E-state index < -0.39 is 24.3 Å². The van der Waals surface area contributed by atoms with Gasteiger partial charge in [-0.3, -0.25) is 14.6 Å². The van der Waals surface area contributed by atoms with Crippen molar-refractivity contribution in [1.29, 1.82) is 0 Å². The number of carbonyl (C=O) groups is 3. The highest BCUT2D eigenvalue weighted by atomic mass is 32.1. The molecule has 0 saturated carbocycles. The fourth-order valence-corrected chi connectivity index (χ4v) is 6.30. The summed E-state index contributed by atoms with van der Waals surface area (Å²) in [4.78, 5) is 42.8. The molecule has 2 N–H and O–H groups in total. The van der Waals surface area contributed by atoms with Gasteiger partial charge in [-0.05, 0) is 39.3 Å². The van der Waals surface area contributed by atoms with E-state index in [1.807, 2.05) is 6.20 Å². The number of carboxylic acid groups (broad SMARTS) is 2. The van der Waals surface area contributed by atoms with Crippen molar-refractivity contribution in [3.05, 3.63) is 16.6 Å². The maximum Gasteiger partial charge on any atom is 0.490 e.